The smallest absolute Gasteiger partial charge is 0.133 e. The topological polar surface area (TPSA) is 9.23 Å². The first-order valence-corrected chi connectivity index (χ1v) is 7.11. The number of ether oxygens (including phenoxy) is 1. The summed E-state index contributed by atoms with van der Waals surface area (Å²) in [6, 6.07) is 10.1. The third kappa shape index (κ3) is 2.95. The molecule has 0 amide bonds. The van der Waals surface area contributed by atoms with Gasteiger partial charge in [-0.15, -0.1) is 11.3 Å². The molecule has 0 aliphatic heterocycles. The fraction of sp³-hybridized carbons (Fsp3) is 0.0909. The van der Waals surface area contributed by atoms with E-state index in [4.69, 9.17) is 4.74 Å². The largest absolute Gasteiger partial charge is 0.487 e. The number of para-hydroxylation sites is 1. The Hall–Kier alpha value is -0.0700. The lowest BCUT2D eigenvalue weighted by molar-refractivity contribution is 0.307. The molecule has 15 heavy (non-hydrogen) atoms. The zero-order chi connectivity index (χ0) is 10.7. The van der Waals surface area contributed by atoms with E-state index in [9.17, 15) is 0 Å². The van der Waals surface area contributed by atoms with Crippen molar-refractivity contribution in [3.8, 4) is 5.75 Å². The van der Waals surface area contributed by atoms with E-state index in [0.29, 0.717) is 6.61 Å². The molecule has 0 aliphatic rings. The highest BCUT2D eigenvalue weighted by Gasteiger charge is 2.03. The van der Waals surface area contributed by atoms with Crippen LogP contribution in [0.2, 0.25) is 0 Å². The Bertz CT molecular complexity index is 455. The fourth-order valence-corrected chi connectivity index (χ4v) is 3.05. The van der Waals surface area contributed by atoms with Crippen molar-refractivity contribution in [2.24, 2.45) is 0 Å². The van der Waals surface area contributed by atoms with Gasteiger partial charge in [0.05, 0.1) is 8.45 Å². The van der Waals surface area contributed by atoms with Crippen molar-refractivity contribution in [3.05, 3.63) is 48.6 Å². The van der Waals surface area contributed by atoms with Crippen molar-refractivity contribution < 1.29 is 4.74 Å². The maximum Gasteiger partial charge on any atom is 0.133 e. The van der Waals surface area contributed by atoms with Crippen molar-refractivity contribution >= 4 is 49.9 Å². The molecule has 0 fully saturated rings. The molecule has 0 spiro atoms. The van der Waals surface area contributed by atoms with Crippen LogP contribution in [0.25, 0.3) is 0 Å². The summed E-state index contributed by atoms with van der Waals surface area (Å²) in [5, 5.41) is 2.05. The first-order valence-electron chi connectivity index (χ1n) is 4.36. The molecule has 1 aromatic heterocycles. The quantitative estimate of drug-likeness (QED) is 0.686. The molecule has 0 unspecified atom stereocenters. The van der Waals surface area contributed by atoms with Gasteiger partial charge in [0.25, 0.3) is 0 Å². The van der Waals surface area contributed by atoms with E-state index in [2.05, 4.69) is 43.9 Å². The summed E-state index contributed by atoms with van der Waals surface area (Å²) in [6.07, 6.45) is 0. The van der Waals surface area contributed by atoms with Gasteiger partial charge in [0.1, 0.15) is 12.4 Å². The molecular weight excluding hydrogens is 387 g/mol. The summed E-state index contributed by atoms with van der Waals surface area (Å²) in [7, 11) is 0. The average molecular weight is 395 g/mol. The highest BCUT2D eigenvalue weighted by atomic mass is 127. The molecule has 2 rings (SSSR count). The van der Waals surface area contributed by atoms with Gasteiger partial charge in [-0.3, -0.25) is 0 Å². The van der Waals surface area contributed by atoms with Crippen molar-refractivity contribution in [1.29, 1.82) is 0 Å². The molecule has 1 heterocycles. The number of rotatable bonds is 3. The standard InChI is InChI=1S/C11H8BrIOS/c12-8-5-6-15-11(8)7-14-10-4-2-1-3-9(10)13/h1-6H,7H2. The Balaban J connectivity index is 2.06. The van der Waals surface area contributed by atoms with Crippen LogP contribution in [0.1, 0.15) is 4.88 Å². The average Bonchev–Trinajstić information content (AvgIpc) is 2.63. The summed E-state index contributed by atoms with van der Waals surface area (Å²) in [4.78, 5) is 1.22. The Morgan fingerprint density at radius 2 is 2.07 bits per heavy atom. The van der Waals surface area contributed by atoms with Crippen LogP contribution < -0.4 is 4.74 Å². The highest BCUT2D eigenvalue weighted by Crippen LogP contribution is 2.26. The van der Waals surface area contributed by atoms with Crippen LogP contribution in [0.3, 0.4) is 0 Å². The summed E-state index contributed by atoms with van der Waals surface area (Å²) in [5.74, 6) is 0.943. The normalized spacial score (nSPS) is 10.3. The maximum absolute atomic E-state index is 5.73. The molecule has 4 heteroatoms. The van der Waals surface area contributed by atoms with Crippen molar-refractivity contribution in [3.63, 3.8) is 0 Å². The van der Waals surface area contributed by atoms with E-state index >= 15 is 0 Å². The van der Waals surface area contributed by atoms with Gasteiger partial charge >= 0.3 is 0 Å². The Morgan fingerprint density at radius 1 is 1.27 bits per heavy atom. The number of thiophene rings is 1. The summed E-state index contributed by atoms with van der Waals surface area (Å²) >= 11 is 7.46. The minimum Gasteiger partial charge on any atom is -0.487 e. The Morgan fingerprint density at radius 3 is 2.73 bits per heavy atom. The van der Waals surface area contributed by atoms with Crippen LogP contribution in [-0.4, -0.2) is 0 Å². The molecule has 1 aromatic carbocycles. The van der Waals surface area contributed by atoms with E-state index in [1.807, 2.05) is 30.3 Å². The molecule has 78 valence electrons. The van der Waals surface area contributed by atoms with Crippen LogP contribution >= 0.6 is 49.9 Å². The second-order valence-electron chi connectivity index (χ2n) is 2.91. The fourth-order valence-electron chi connectivity index (χ4n) is 1.13. The zero-order valence-corrected chi connectivity index (χ0v) is 12.3. The van der Waals surface area contributed by atoms with Gasteiger partial charge in [-0.1, -0.05) is 12.1 Å². The third-order valence-corrected chi connectivity index (χ3v) is 4.68. The second-order valence-corrected chi connectivity index (χ2v) is 5.93. The Labute approximate surface area is 115 Å². The molecule has 0 N–H and O–H groups in total. The van der Waals surface area contributed by atoms with Crippen LogP contribution in [0.4, 0.5) is 0 Å². The summed E-state index contributed by atoms with van der Waals surface area (Å²) < 4.78 is 8.00. The lowest BCUT2D eigenvalue weighted by Crippen LogP contribution is -1.94. The minimum absolute atomic E-state index is 0.623. The van der Waals surface area contributed by atoms with Crippen molar-refractivity contribution in [2.45, 2.75) is 6.61 Å². The van der Waals surface area contributed by atoms with Gasteiger partial charge < -0.3 is 4.74 Å². The molecule has 0 bridgehead atoms. The minimum atomic E-state index is 0.623. The van der Waals surface area contributed by atoms with E-state index < -0.39 is 0 Å². The number of hydrogen-bond donors (Lipinski definition) is 0. The van der Waals surface area contributed by atoms with Crippen molar-refractivity contribution in [1.82, 2.24) is 0 Å². The van der Waals surface area contributed by atoms with E-state index in [1.165, 1.54) is 4.88 Å². The molecule has 0 atom stereocenters. The van der Waals surface area contributed by atoms with Gasteiger partial charge in [0, 0.05) is 4.47 Å². The second kappa shape index (κ2) is 5.32. The first-order chi connectivity index (χ1) is 7.27. The monoisotopic (exact) mass is 394 g/mol. The number of hydrogen-bond acceptors (Lipinski definition) is 2. The lowest BCUT2D eigenvalue weighted by atomic mass is 10.3. The van der Waals surface area contributed by atoms with Gasteiger partial charge in [0.15, 0.2) is 0 Å². The maximum atomic E-state index is 5.73. The predicted octanol–water partition coefficient (Wildman–Crippen LogP) is 4.69. The summed E-state index contributed by atoms with van der Waals surface area (Å²) in [6.45, 7) is 0.623. The molecule has 0 saturated carbocycles. The van der Waals surface area contributed by atoms with Gasteiger partial charge in [-0.2, -0.15) is 0 Å². The SMILES string of the molecule is Brc1ccsc1COc1ccccc1I. The predicted molar refractivity (Wildman–Crippen MR) is 75.5 cm³/mol. The lowest BCUT2D eigenvalue weighted by Gasteiger charge is -2.06. The molecule has 1 nitrogen and oxygen atoms in total. The van der Waals surface area contributed by atoms with E-state index in [1.54, 1.807) is 11.3 Å². The van der Waals surface area contributed by atoms with Crippen molar-refractivity contribution in [2.75, 3.05) is 0 Å². The van der Waals surface area contributed by atoms with Gasteiger partial charge in [0.2, 0.25) is 0 Å². The number of benzene rings is 1. The van der Waals surface area contributed by atoms with Crippen LogP contribution in [0.5, 0.6) is 5.75 Å². The summed E-state index contributed by atoms with van der Waals surface area (Å²) in [5.41, 5.74) is 0. The molecular formula is C11H8BrIOS. The van der Waals surface area contributed by atoms with E-state index in [0.717, 1.165) is 13.8 Å². The third-order valence-electron chi connectivity index (χ3n) is 1.89. The highest BCUT2D eigenvalue weighted by molar-refractivity contribution is 14.1. The molecule has 2 aromatic rings. The van der Waals surface area contributed by atoms with Crippen LogP contribution in [0.15, 0.2) is 40.2 Å². The molecule has 0 aliphatic carbocycles. The van der Waals surface area contributed by atoms with Crippen LogP contribution in [0, 0.1) is 3.57 Å². The van der Waals surface area contributed by atoms with Gasteiger partial charge in [-0.25, -0.2) is 0 Å². The Kier molecular flexibility index (Phi) is 4.05. The molecule has 0 radical (unpaired) electrons. The molecule has 0 saturated heterocycles. The van der Waals surface area contributed by atoms with E-state index in [-0.39, 0.29) is 0 Å². The van der Waals surface area contributed by atoms with Gasteiger partial charge in [-0.05, 0) is 62.1 Å². The zero-order valence-electron chi connectivity index (χ0n) is 7.74. The van der Waals surface area contributed by atoms with Crippen LogP contribution in [-0.2, 0) is 6.61 Å². The number of halogens is 2. The first kappa shape index (κ1) is 11.4.